The minimum absolute atomic E-state index is 0.379. The van der Waals surface area contributed by atoms with E-state index < -0.39 is 0 Å². The van der Waals surface area contributed by atoms with Gasteiger partial charge in [0.25, 0.3) is 0 Å². The number of hydrazine groups is 1. The molecule has 6 nitrogen and oxygen atoms in total. The second-order valence-corrected chi connectivity index (χ2v) is 3.95. The van der Waals surface area contributed by atoms with Crippen molar-refractivity contribution in [3.8, 4) is 5.82 Å². The third-order valence-corrected chi connectivity index (χ3v) is 2.66. The standard InChI is InChI=1S/C12H12N6/c1-8-6-11(16-12(15-8)17-13)18-10-5-3-2-4-9(10)7-14-18/h2-7H,13H2,1H3,(H,15,16,17). The molecule has 0 amide bonds. The van der Waals surface area contributed by atoms with Crippen LogP contribution in [-0.2, 0) is 0 Å². The maximum Gasteiger partial charge on any atom is 0.239 e. The summed E-state index contributed by atoms with van der Waals surface area (Å²) in [5.74, 6) is 6.42. The van der Waals surface area contributed by atoms with Crippen LogP contribution in [0.3, 0.4) is 0 Å². The maximum atomic E-state index is 5.35. The van der Waals surface area contributed by atoms with Gasteiger partial charge in [0.1, 0.15) is 0 Å². The third kappa shape index (κ3) is 1.68. The molecule has 90 valence electrons. The van der Waals surface area contributed by atoms with Gasteiger partial charge in [-0.1, -0.05) is 18.2 Å². The second kappa shape index (κ2) is 4.08. The molecule has 2 aromatic heterocycles. The van der Waals surface area contributed by atoms with Crippen molar-refractivity contribution in [3.05, 3.63) is 42.2 Å². The maximum absolute atomic E-state index is 5.35. The first-order valence-electron chi connectivity index (χ1n) is 5.53. The number of fused-ring (bicyclic) bond motifs is 1. The number of nitrogen functional groups attached to an aromatic ring is 1. The fourth-order valence-corrected chi connectivity index (χ4v) is 1.88. The summed E-state index contributed by atoms with van der Waals surface area (Å²) in [5, 5.41) is 5.41. The zero-order chi connectivity index (χ0) is 12.5. The van der Waals surface area contributed by atoms with Crippen LogP contribution < -0.4 is 11.3 Å². The summed E-state index contributed by atoms with van der Waals surface area (Å²) in [7, 11) is 0. The van der Waals surface area contributed by atoms with E-state index in [4.69, 9.17) is 5.84 Å². The largest absolute Gasteiger partial charge is 0.292 e. The number of nitrogens with zero attached hydrogens (tertiary/aromatic N) is 4. The van der Waals surface area contributed by atoms with Gasteiger partial charge in [-0.05, 0) is 13.0 Å². The third-order valence-electron chi connectivity index (χ3n) is 2.66. The van der Waals surface area contributed by atoms with Crippen LogP contribution in [0.15, 0.2) is 36.5 Å². The number of aromatic nitrogens is 4. The SMILES string of the molecule is Cc1cc(-n2ncc3ccccc32)nc(NN)n1. The second-order valence-electron chi connectivity index (χ2n) is 3.95. The van der Waals surface area contributed by atoms with Crippen LogP contribution in [0.25, 0.3) is 16.7 Å². The van der Waals surface area contributed by atoms with Crippen LogP contribution in [0.5, 0.6) is 0 Å². The Morgan fingerprint density at radius 1 is 1.22 bits per heavy atom. The van der Waals surface area contributed by atoms with Crippen LogP contribution in [-0.4, -0.2) is 19.7 Å². The van der Waals surface area contributed by atoms with Gasteiger partial charge in [0.15, 0.2) is 5.82 Å². The molecule has 0 aliphatic carbocycles. The van der Waals surface area contributed by atoms with E-state index in [1.807, 2.05) is 43.5 Å². The Bertz CT molecular complexity index is 703. The highest BCUT2D eigenvalue weighted by molar-refractivity contribution is 5.79. The summed E-state index contributed by atoms with van der Waals surface area (Å²) >= 11 is 0. The first-order chi connectivity index (χ1) is 8.78. The minimum Gasteiger partial charge on any atom is -0.292 e. The average molecular weight is 240 g/mol. The van der Waals surface area contributed by atoms with E-state index in [1.165, 1.54) is 0 Å². The van der Waals surface area contributed by atoms with E-state index >= 15 is 0 Å². The highest BCUT2D eigenvalue weighted by Gasteiger charge is 2.07. The Labute approximate surface area is 103 Å². The summed E-state index contributed by atoms with van der Waals surface area (Å²) in [6.45, 7) is 1.89. The van der Waals surface area contributed by atoms with E-state index in [0.29, 0.717) is 11.8 Å². The number of anilines is 1. The number of nitrogens with one attached hydrogen (secondary N) is 1. The van der Waals surface area contributed by atoms with Crippen LogP contribution >= 0.6 is 0 Å². The van der Waals surface area contributed by atoms with E-state index in [0.717, 1.165) is 16.6 Å². The highest BCUT2D eigenvalue weighted by Crippen LogP contribution is 2.17. The number of aryl methyl sites for hydroxylation is 1. The number of nitrogens with two attached hydrogens (primary N) is 1. The average Bonchev–Trinajstić information content (AvgIpc) is 2.81. The molecule has 3 N–H and O–H groups in total. The van der Waals surface area contributed by atoms with Crippen molar-refractivity contribution in [1.82, 2.24) is 19.7 Å². The van der Waals surface area contributed by atoms with Crippen molar-refractivity contribution < 1.29 is 0 Å². The lowest BCUT2D eigenvalue weighted by Gasteiger charge is -2.06. The molecule has 0 aliphatic rings. The van der Waals surface area contributed by atoms with Crippen molar-refractivity contribution in [2.24, 2.45) is 5.84 Å². The van der Waals surface area contributed by atoms with Crippen molar-refractivity contribution in [2.45, 2.75) is 6.92 Å². The molecule has 0 aliphatic heterocycles. The molecule has 0 atom stereocenters. The predicted molar refractivity (Wildman–Crippen MR) is 69.2 cm³/mol. The summed E-state index contributed by atoms with van der Waals surface area (Å²) in [6, 6.07) is 9.81. The predicted octanol–water partition coefficient (Wildman–Crippen LogP) is 1.41. The Morgan fingerprint density at radius 2 is 2.06 bits per heavy atom. The van der Waals surface area contributed by atoms with Gasteiger partial charge in [-0.25, -0.2) is 15.5 Å². The molecular weight excluding hydrogens is 228 g/mol. The zero-order valence-electron chi connectivity index (χ0n) is 9.83. The fourth-order valence-electron chi connectivity index (χ4n) is 1.88. The minimum atomic E-state index is 0.379. The Morgan fingerprint density at radius 3 is 2.89 bits per heavy atom. The molecule has 0 radical (unpaired) electrons. The molecule has 0 fully saturated rings. The van der Waals surface area contributed by atoms with Crippen LogP contribution in [0.1, 0.15) is 5.69 Å². The van der Waals surface area contributed by atoms with Gasteiger partial charge in [-0.15, -0.1) is 0 Å². The van der Waals surface area contributed by atoms with Gasteiger partial charge in [0, 0.05) is 17.1 Å². The van der Waals surface area contributed by atoms with E-state index in [9.17, 15) is 0 Å². The molecule has 1 aromatic carbocycles. The van der Waals surface area contributed by atoms with Crippen molar-refractivity contribution in [2.75, 3.05) is 5.43 Å². The molecule has 0 spiro atoms. The molecule has 18 heavy (non-hydrogen) atoms. The van der Waals surface area contributed by atoms with E-state index in [-0.39, 0.29) is 0 Å². The van der Waals surface area contributed by atoms with Gasteiger partial charge in [0.05, 0.1) is 11.7 Å². The molecule has 6 heteroatoms. The normalized spacial score (nSPS) is 10.8. The van der Waals surface area contributed by atoms with Gasteiger partial charge in [0.2, 0.25) is 5.95 Å². The highest BCUT2D eigenvalue weighted by atomic mass is 15.4. The Hall–Kier alpha value is -2.47. The van der Waals surface area contributed by atoms with Gasteiger partial charge < -0.3 is 0 Å². The molecule has 3 aromatic rings. The monoisotopic (exact) mass is 240 g/mol. The number of benzene rings is 1. The number of hydrogen-bond donors (Lipinski definition) is 2. The summed E-state index contributed by atoms with van der Waals surface area (Å²) in [6.07, 6.45) is 1.81. The van der Waals surface area contributed by atoms with E-state index in [1.54, 1.807) is 4.68 Å². The first kappa shape index (κ1) is 10.7. The van der Waals surface area contributed by atoms with E-state index in [2.05, 4.69) is 20.5 Å². The lowest BCUT2D eigenvalue weighted by atomic mass is 10.2. The molecule has 0 unspecified atom stereocenters. The molecule has 0 saturated heterocycles. The molecule has 0 bridgehead atoms. The number of rotatable bonds is 2. The first-order valence-corrected chi connectivity index (χ1v) is 5.53. The molecule has 3 rings (SSSR count). The Balaban J connectivity index is 2.22. The van der Waals surface area contributed by atoms with Crippen molar-refractivity contribution in [3.63, 3.8) is 0 Å². The number of hydrogen-bond acceptors (Lipinski definition) is 5. The van der Waals surface area contributed by atoms with Crippen molar-refractivity contribution >= 4 is 16.9 Å². The van der Waals surface area contributed by atoms with Gasteiger partial charge >= 0.3 is 0 Å². The smallest absolute Gasteiger partial charge is 0.239 e. The summed E-state index contributed by atoms with van der Waals surface area (Å²) < 4.78 is 1.77. The molecule has 2 heterocycles. The number of para-hydroxylation sites is 1. The quantitative estimate of drug-likeness (QED) is 0.523. The van der Waals surface area contributed by atoms with Crippen molar-refractivity contribution in [1.29, 1.82) is 0 Å². The van der Waals surface area contributed by atoms with Crippen LogP contribution in [0.2, 0.25) is 0 Å². The Kier molecular flexibility index (Phi) is 2.42. The lowest BCUT2D eigenvalue weighted by molar-refractivity contribution is 0.860. The zero-order valence-corrected chi connectivity index (χ0v) is 9.83. The molecular formula is C12H12N6. The van der Waals surface area contributed by atoms with Gasteiger partial charge in [-0.2, -0.15) is 10.1 Å². The summed E-state index contributed by atoms with van der Waals surface area (Å²) in [5.41, 5.74) is 4.28. The van der Waals surface area contributed by atoms with Gasteiger partial charge in [-0.3, -0.25) is 5.43 Å². The van der Waals surface area contributed by atoms with Crippen LogP contribution in [0, 0.1) is 6.92 Å². The summed E-state index contributed by atoms with van der Waals surface area (Å²) in [4.78, 5) is 8.45. The lowest BCUT2D eigenvalue weighted by Crippen LogP contribution is -2.13. The fraction of sp³-hybridized carbons (Fsp3) is 0.0833. The topological polar surface area (TPSA) is 81.7 Å². The van der Waals surface area contributed by atoms with Crippen LogP contribution in [0.4, 0.5) is 5.95 Å². The molecule has 0 saturated carbocycles.